The molecule has 1 aromatic heterocycles. The summed E-state index contributed by atoms with van der Waals surface area (Å²) in [6.45, 7) is 0. The van der Waals surface area contributed by atoms with Crippen molar-refractivity contribution in [3.05, 3.63) is 95.5 Å². The summed E-state index contributed by atoms with van der Waals surface area (Å²) in [5, 5.41) is 3.62. The van der Waals surface area contributed by atoms with Crippen molar-refractivity contribution >= 4 is 24.7 Å². The van der Waals surface area contributed by atoms with Crippen LogP contribution in [0, 0.1) is 0 Å². The van der Waals surface area contributed by atoms with Gasteiger partial charge in [0.05, 0.1) is 0 Å². The molecule has 1 heterocycles. The van der Waals surface area contributed by atoms with Gasteiger partial charge in [-0.3, -0.25) is 0 Å². The third-order valence-electron chi connectivity index (χ3n) is 4.65. The van der Waals surface area contributed by atoms with Crippen LogP contribution in [0.3, 0.4) is 0 Å². The molecule has 4 rings (SSSR count). The number of rotatable bonds is 7. The van der Waals surface area contributed by atoms with Crippen molar-refractivity contribution in [3.63, 3.8) is 0 Å². The molecule has 5 nitrogen and oxygen atoms in total. The maximum absolute atomic E-state index is 14.9. The van der Waals surface area contributed by atoms with Crippen molar-refractivity contribution in [1.82, 2.24) is 5.16 Å². The van der Waals surface area contributed by atoms with E-state index < -0.39 is 36.5 Å². The lowest BCUT2D eigenvalue weighted by atomic mass is 10.0. The summed E-state index contributed by atoms with van der Waals surface area (Å²) in [5.74, 6) is -5.79. The summed E-state index contributed by atoms with van der Waals surface area (Å²) in [6, 6.07) is 19.2. The predicted octanol–water partition coefficient (Wildman–Crippen LogP) is 7.63. The normalized spacial score (nSPS) is 12.4. The molecule has 0 atom stereocenters. The Morgan fingerprint density at radius 1 is 0.771 bits per heavy atom. The second kappa shape index (κ2) is 9.36. The van der Waals surface area contributed by atoms with Crippen LogP contribution >= 0.6 is 19.2 Å². The lowest BCUT2D eigenvalue weighted by Crippen LogP contribution is -2.38. The van der Waals surface area contributed by atoms with Gasteiger partial charge in [-0.1, -0.05) is 65.3 Å². The Kier molecular flexibility index (Phi) is 6.62. The van der Waals surface area contributed by atoms with Crippen molar-refractivity contribution in [3.8, 4) is 22.8 Å². The zero-order valence-electron chi connectivity index (χ0n) is 17.4. The minimum atomic E-state index is -6.08. The van der Waals surface area contributed by atoms with Gasteiger partial charge in [0.25, 0.3) is 5.50 Å². The predicted molar refractivity (Wildman–Crippen MR) is 118 cm³/mol. The van der Waals surface area contributed by atoms with Crippen LogP contribution in [0.2, 0.25) is 5.02 Å². The summed E-state index contributed by atoms with van der Waals surface area (Å²) in [4.78, 5) is 0. The van der Waals surface area contributed by atoms with Crippen molar-refractivity contribution in [2.75, 3.05) is 0 Å². The Balaban J connectivity index is 1.96. The molecule has 0 radical (unpaired) electrons. The van der Waals surface area contributed by atoms with E-state index in [0.29, 0.717) is 0 Å². The monoisotopic (exact) mass is 529 g/mol. The van der Waals surface area contributed by atoms with E-state index in [1.165, 1.54) is 72.8 Å². The number of hydrogen-bond donors (Lipinski definition) is 0. The van der Waals surface area contributed by atoms with E-state index in [0.717, 1.165) is 0 Å². The molecule has 35 heavy (non-hydrogen) atoms. The average Bonchev–Trinajstić information content (AvgIpc) is 3.27. The molecule has 0 aliphatic heterocycles. The van der Waals surface area contributed by atoms with Crippen molar-refractivity contribution in [2.45, 2.75) is 12.1 Å². The molecule has 12 heteroatoms. The van der Waals surface area contributed by atoms with E-state index in [4.69, 9.17) is 25.2 Å². The highest BCUT2D eigenvalue weighted by atomic mass is 35.5. The molecule has 0 spiro atoms. The van der Waals surface area contributed by atoms with Crippen LogP contribution in [-0.4, -0.2) is 11.3 Å². The van der Waals surface area contributed by atoms with Crippen LogP contribution in [-0.2, 0) is 10.5 Å². The highest BCUT2D eigenvalue weighted by molar-refractivity contribution is 7.62. The average molecular weight is 530 g/mol. The van der Waals surface area contributed by atoms with Crippen LogP contribution in [0.1, 0.15) is 5.56 Å². The third-order valence-corrected chi connectivity index (χ3v) is 6.61. The van der Waals surface area contributed by atoms with E-state index in [1.807, 2.05) is 0 Å². The van der Waals surface area contributed by atoms with Crippen LogP contribution in [0.5, 0.6) is 11.5 Å². The Morgan fingerprint density at radius 3 is 1.71 bits per heavy atom. The molecule has 0 amide bonds. The number of aromatic nitrogens is 1. The molecule has 0 N–H and O–H groups in total. The van der Waals surface area contributed by atoms with E-state index in [1.54, 1.807) is 12.1 Å². The van der Waals surface area contributed by atoms with Gasteiger partial charge >= 0.3 is 19.7 Å². The standard InChI is InChI=1S/C23H14ClF5NO4P/c24-16-13-11-15(12-14-16)20-19(22(25,26)23(27,28)29)21(32-30-20)35(31,33-17-7-3-1-4-8-17)34-18-9-5-2-6-10-18/h1-14H. The molecule has 3 aromatic carbocycles. The van der Waals surface area contributed by atoms with Gasteiger partial charge in [-0.05, 0) is 36.4 Å². The van der Waals surface area contributed by atoms with Gasteiger partial charge < -0.3 is 13.6 Å². The first-order valence-electron chi connectivity index (χ1n) is 9.82. The van der Waals surface area contributed by atoms with Gasteiger partial charge in [0, 0.05) is 10.6 Å². The Hall–Kier alpha value is -3.36. The Morgan fingerprint density at radius 2 is 1.26 bits per heavy atom. The molecular weight excluding hydrogens is 516 g/mol. The smallest absolute Gasteiger partial charge is 0.411 e. The second-order valence-corrected chi connectivity index (χ2v) is 9.30. The fourth-order valence-electron chi connectivity index (χ4n) is 3.04. The van der Waals surface area contributed by atoms with E-state index in [9.17, 15) is 26.5 Å². The van der Waals surface area contributed by atoms with Crippen molar-refractivity contribution in [2.24, 2.45) is 0 Å². The largest absolute Gasteiger partial charge is 0.501 e. The fourth-order valence-corrected chi connectivity index (χ4v) is 4.83. The van der Waals surface area contributed by atoms with Crippen LogP contribution < -0.4 is 14.5 Å². The highest BCUT2D eigenvalue weighted by Gasteiger charge is 2.64. The van der Waals surface area contributed by atoms with Crippen molar-refractivity contribution in [1.29, 1.82) is 0 Å². The summed E-state index contributed by atoms with van der Waals surface area (Å²) in [5.41, 5.74) is -4.26. The second-order valence-electron chi connectivity index (χ2n) is 7.10. The lowest BCUT2D eigenvalue weighted by Gasteiger charge is -2.23. The molecule has 0 saturated heterocycles. The molecule has 0 aliphatic rings. The quantitative estimate of drug-likeness (QED) is 0.182. The number of para-hydroxylation sites is 2. The molecule has 182 valence electrons. The zero-order chi connectivity index (χ0) is 25.3. The van der Waals surface area contributed by atoms with Gasteiger partial charge in [-0.25, -0.2) is 4.57 Å². The van der Waals surface area contributed by atoms with Gasteiger partial charge in [0.1, 0.15) is 22.8 Å². The molecule has 4 aromatic rings. The summed E-state index contributed by atoms with van der Waals surface area (Å²) in [7, 11) is -5.06. The number of hydrogen-bond acceptors (Lipinski definition) is 5. The molecule has 0 bridgehead atoms. The lowest BCUT2D eigenvalue weighted by molar-refractivity contribution is -0.288. The minimum absolute atomic E-state index is 0.127. The molecule has 0 aliphatic carbocycles. The fraction of sp³-hybridized carbons (Fsp3) is 0.0870. The molecule has 0 fully saturated rings. The van der Waals surface area contributed by atoms with E-state index in [2.05, 4.69) is 5.16 Å². The number of nitrogens with zero attached hydrogens (tertiary/aromatic N) is 1. The molecular formula is C23H14ClF5NO4P. The third kappa shape index (κ3) is 5.04. The SMILES string of the molecule is O=P(Oc1ccccc1)(Oc1ccccc1)c1onc(-c2ccc(Cl)cc2)c1C(F)(F)C(F)(F)F. The maximum atomic E-state index is 14.9. The number of alkyl halides is 5. The van der Waals surface area contributed by atoms with Gasteiger partial charge in [-0.2, -0.15) is 22.0 Å². The zero-order valence-corrected chi connectivity index (χ0v) is 19.0. The summed E-state index contributed by atoms with van der Waals surface area (Å²) >= 11 is 5.80. The first-order valence-corrected chi connectivity index (χ1v) is 11.7. The summed E-state index contributed by atoms with van der Waals surface area (Å²) < 4.78 is 100. The Labute approximate surface area is 200 Å². The van der Waals surface area contributed by atoms with Gasteiger partial charge in [-0.15, -0.1) is 0 Å². The van der Waals surface area contributed by atoms with E-state index in [-0.39, 0.29) is 22.1 Å². The summed E-state index contributed by atoms with van der Waals surface area (Å²) in [6.07, 6.45) is -6.08. The van der Waals surface area contributed by atoms with Gasteiger partial charge in [0.2, 0.25) is 0 Å². The molecule has 0 unspecified atom stereocenters. The maximum Gasteiger partial charge on any atom is 0.501 e. The first-order chi connectivity index (χ1) is 16.5. The van der Waals surface area contributed by atoms with E-state index >= 15 is 0 Å². The topological polar surface area (TPSA) is 61.6 Å². The van der Waals surface area contributed by atoms with Crippen molar-refractivity contribution < 1.29 is 40.1 Å². The molecule has 0 saturated carbocycles. The number of benzene rings is 3. The van der Waals surface area contributed by atoms with Crippen LogP contribution in [0.4, 0.5) is 22.0 Å². The number of halogens is 6. The van der Waals surface area contributed by atoms with Crippen LogP contribution in [0.15, 0.2) is 89.5 Å². The first kappa shape index (κ1) is 24.8. The minimum Gasteiger partial charge on any atom is -0.411 e. The van der Waals surface area contributed by atoms with Crippen LogP contribution in [0.25, 0.3) is 11.3 Å². The van der Waals surface area contributed by atoms with Gasteiger partial charge in [0.15, 0.2) is 0 Å². The highest BCUT2D eigenvalue weighted by Crippen LogP contribution is 2.54. The Bertz CT molecular complexity index is 1300.